The van der Waals surface area contributed by atoms with Crippen LogP contribution in [0.4, 0.5) is 28.2 Å². The fourth-order valence-corrected chi connectivity index (χ4v) is 6.40. The molecule has 2 bridgehead atoms. The quantitative estimate of drug-likeness (QED) is 0.243. The van der Waals surface area contributed by atoms with Crippen molar-refractivity contribution >= 4 is 34.5 Å². The number of hydrogen-bond donors (Lipinski definition) is 0. The van der Waals surface area contributed by atoms with Crippen molar-refractivity contribution in [3.05, 3.63) is 33.4 Å². The number of halogens is 5. The summed E-state index contributed by atoms with van der Waals surface area (Å²) in [7, 11) is 0. The van der Waals surface area contributed by atoms with Crippen LogP contribution in [0, 0.1) is 14.8 Å². The van der Waals surface area contributed by atoms with Gasteiger partial charge in [0.25, 0.3) is 5.89 Å². The Labute approximate surface area is 232 Å². The topological polar surface area (TPSA) is 81.4 Å². The van der Waals surface area contributed by atoms with Crippen molar-refractivity contribution in [3.8, 4) is 0 Å². The first-order chi connectivity index (χ1) is 17.8. The molecule has 4 aliphatic carbocycles. The van der Waals surface area contributed by atoms with Gasteiger partial charge in [0.05, 0.1) is 9.77 Å². The molecular weight excluding hydrogens is 619 g/mol. The molecule has 6 rings (SSSR count). The van der Waals surface area contributed by atoms with Gasteiger partial charge in [0.15, 0.2) is 17.3 Å². The molecule has 7 nitrogen and oxygen atoms in total. The summed E-state index contributed by atoms with van der Waals surface area (Å²) >= 11 is 1.85. The van der Waals surface area contributed by atoms with Gasteiger partial charge in [-0.15, -0.1) is 0 Å². The molecule has 0 aliphatic heterocycles. The lowest BCUT2D eigenvalue weighted by molar-refractivity contribution is -0.0651. The normalized spacial score (nSPS) is 27.3. The van der Waals surface area contributed by atoms with E-state index in [4.69, 9.17) is 9.26 Å². The standard InChI is InChI=1S/C26H31F4IN4O3/c1-23(2,28)21-33-20(34-38-21)25-10-7-24(8-11-25,9-12-25)15-35(19-13-18(31)17(27)14-32-19)22(36)37-16-3-5-26(29,30)6-4-16/h13-14,16H,3-12,15H2,1-2H3. The van der Waals surface area contributed by atoms with Crippen LogP contribution in [-0.2, 0) is 15.8 Å². The number of rotatable bonds is 6. The van der Waals surface area contributed by atoms with Gasteiger partial charge in [0.1, 0.15) is 11.9 Å². The van der Waals surface area contributed by atoms with Gasteiger partial charge in [0.2, 0.25) is 5.92 Å². The Hall–Kier alpha value is -1.99. The summed E-state index contributed by atoms with van der Waals surface area (Å²) in [6, 6.07) is 1.50. The van der Waals surface area contributed by atoms with E-state index in [1.54, 1.807) is 0 Å². The lowest BCUT2D eigenvalue weighted by atomic mass is 9.53. The smallest absolute Gasteiger partial charge is 0.415 e. The second-order valence-electron chi connectivity index (χ2n) is 11.7. The minimum Gasteiger partial charge on any atom is -0.446 e. The highest BCUT2D eigenvalue weighted by atomic mass is 127. The summed E-state index contributed by atoms with van der Waals surface area (Å²) in [5.41, 5.74) is -2.24. The van der Waals surface area contributed by atoms with Crippen molar-refractivity contribution in [2.24, 2.45) is 5.41 Å². The van der Waals surface area contributed by atoms with Crippen molar-refractivity contribution in [1.29, 1.82) is 0 Å². The second-order valence-corrected chi connectivity index (χ2v) is 12.8. The maximum absolute atomic E-state index is 14.3. The number of anilines is 1. The zero-order valence-corrected chi connectivity index (χ0v) is 23.6. The predicted octanol–water partition coefficient (Wildman–Crippen LogP) is 7.23. The second kappa shape index (κ2) is 9.88. The van der Waals surface area contributed by atoms with Crippen LogP contribution in [0.25, 0.3) is 0 Å². The first-order valence-corrected chi connectivity index (χ1v) is 14.1. The maximum Gasteiger partial charge on any atom is 0.415 e. The Morgan fingerprint density at radius 1 is 1.16 bits per heavy atom. The van der Waals surface area contributed by atoms with Crippen LogP contribution in [0.5, 0.6) is 0 Å². The molecule has 0 N–H and O–H groups in total. The van der Waals surface area contributed by atoms with E-state index < -0.39 is 29.6 Å². The van der Waals surface area contributed by atoms with E-state index in [2.05, 4.69) is 15.1 Å². The van der Waals surface area contributed by atoms with E-state index >= 15 is 0 Å². The van der Waals surface area contributed by atoms with E-state index in [9.17, 15) is 22.4 Å². The van der Waals surface area contributed by atoms with Crippen LogP contribution in [0.3, 0.4) is 0 Å². The molecule has 0 unspecified atom stereocenters. The largest absolute Gasteiger partial charge is 0.446 e. The summed E-state index contributed by atoms with van der Waals surface area (Å²) in [5, 5.41) is 4.12. The van der Waals surface area contributed by atoms with Gasteiger partial charge in [-0.2, -0.15) is 4.98 Å². The van der Waals surface area contributed by atoms with E-state index in [0.717, 1.165) is 44.7 Å². The van der Waals surface area contributed by atoms with Crippen molar-refractivity contribution in [2.75, 3.05) is 11.4 Å². The van der Waals surface area contributed by atoms with Crippen LogP contribution in [0.2, 0.25) is 0 Å². The number of carbonyl (C=O) groups excluding carboxylic acids is 1. The maximum atomic E-state index is 14.3. The van der Waals surface area contributed by atoms with E-state index in [0.29, 0.717) is 15.9 Å². The SMILES string of the molecule is CC(C)(F)c1nc(C23CCC(CN(C(=O)OC4CCC(F)(F)CC4)c4cc(I)c(F)cn4)(CC2)CC3)no1. The number of alkyl halides is 3. The first kappa shape index (κ1) is 27.6. The number of nitrogens with zero attached hydrogens (tertiary/aromatic N) is 4. The molecule has 208 valence electrons. The molecule has 4 aliphatic rings. The van der Waals surface area contributed by atoms with Crippen LogP contribution in [-0.4, -0.2) is 39.8 Å². The molecule has 2 heterocycles. The molecule has 4 fully saturated rings. The lowest BCUT2D eigenvalue weighted by Gasteiger charge is -2.53. The fourth-order valence-electron chi connectivity index (χ4n) is 5.98. The minimum atomic E-state index is -2.73. The van der Waals surface area contributed by atoms with Gasteiger partial charge < -0.3 is 9.26 Å². The number of fused-ring (bicyclic) bond motifs is 3. The van der Waals surface area contributed by atoms with Gasteiger partial charge >= 0.3 is 6.09 Å². The zero-order chi connectivity index (χ0) is 27.3. The van der Waals surface area contributed by atoms with Gasteiger partial charge in [-0.1, -0.05) is 5.16 Å². The average molecular weight is 650 g/mol. The molecule has 0 atom stereocenters. The van der Waals surface area contributed by atoms with E-state index in [1.807, 2.05) is 22.6 Å². The Morgan fingerprint density at radius 3 is 2.34 bits per heavy atom. The number of aromatic nitrogens is 3. The molecule has 0 saturated heterocycles. The predicted molar refractivity (Wildman–Crippen MR) is 138 cm³/mol. The van der Waals surface area contributed by atoms with E-state index in [1.165, 1.54) is 24.8 Å². The third kappa shape index (κ3) is 5.51. The minimum absolute atomic E-state index is 0.0318. The van der Waals surface area contributed by atoms with Crippen LogP contribution >= 0.6 is 22.6 Å². The monoisotopic (exact) mass is 650 g/mol. The molecule has 0 radical (unpaired) electrons. The van der Waals surface area contributed by atoms with Crippen LogP contribution in [0.1, 0.15) is 89.8 Å². The van der Waals surface area contributed by atoms with Crippen LogP contribution < -0.4 is 4.90 Å². The van der Waals surface area contributed by atoms with Crippen molar-refractivity contribution < 1.29 is 31.6 Å². The van der Waals surface area contributed by atoms with Gasteiger partial charge in [-0.05, 0) is 99.3 Å². The molecule has 4 saturated carbocycles. The summed E-state index contributed by atoms with van der Waals surface area (Å²) in [5.74, 6) is -2.45. The number of hydrogen-bond acceptors (Lipinski definition) is 6. The van der Waals surface area contributed by atoms with Crippen molar-refractivity contribution in [1.82, 2.24) is 15.1 Å². The van der Waals surface area contributed by atoms with Crippen LogP contribution in [0.15, 0.2) is 16.8 Å². The number of amides is 1. The highest BCUT2D eigenvalue weighted by Gasteiger charge is 2.53. The molecule has 38 heavy (non-hydrogen) atoms. The molecule has 0 aromatic carbocycles. The third-order valence-electron chi connectivity index (χ3n) is 8.53. The van der Waals surface area contributed by atoms with Crippen molar-refractivity contribution in [2.45, 2.75) is 101 Å². The average Bonchev–Trinajstić information content (AvgIpc) is 3.39. The van der Waals surface area contributed by atoms with Crippen molar-refractivity contribution in [3.63, 3.8) is 0 Å². The summed E-state index contributed by atoms with van der Waals surface area (Å²) in [4.78, 5) is 23.4. The first-order valence-electron chi connectivity index (χ1n) is 13.0. The highest BCUT2D eigenvalue weighted by molar-refractivity contribution is 14.1. The van der Waals surface area contributed by atoms with Gasteiger partial charge in [-0.25, -0.2) is 27.3 Å². The molecule has 2 aromatic rings. The zero-order valence-electron chi connectivity index (χ0n) is 21.4. The summed E-state index contributed by atoms with van der Waals surface area (Å²) in [6.45, 7) is 3.08. The number of pyridine rings is 1. The Balaban J connectivity index is 1.33. The molecule has 1 amide bonds. The molecule has 2 aromatic heterocycles. The Kier molecular flexibility index (Phi) is 7.17. The van der Waals surface area contributed by atoms with E-state index in [-0.39, 0.29) is 48.2 Å². The summed E-state index contributed by atoms with van der Waals surface area (Å²) in [6.07, 6.45) is 3.96. The fraction of sp³-hybridized carbons (Fsp3) is 0.692. The Morgan fingerprint density at radius 2 is 1.79 bits per heavy atom. The molecular formula is C26H31F4IN4O3. The lowest BCUT2D eigenvalue weighted by Crippen LogP contribution is -2.51. The highest BCUT2D eigenvalue weighted by Crippen LogP contribution is 2.57. The Bertz CT molecular complexity index is 1170. The van der Waals surface area contributed by atoms with Gasteiger partial charge in [0, 0.05) is 24.8 Å². The third-order valence-corrected chi connectivity index (χ3v) is 9.35. The number of carbonyl (C=O) groups is 1. The van der Waals surface area contributed by atoms with Gasteiger partial charge in [-0.3, -0.25) is 4.90 Å². The molecule has 12 heteroatoms. The number of ether oxygens (including phenoxy) is 1. The summed E-state index contributed by atoms with van der Waals surface area (Å²) < 4.78 is 66.8. The molecule has 0 spiro atoms.